The highest BCUT2D eigenvalue weighted by Crippen LogP contribution is 2.33. The Morgan fingerprint density at radius 2 is 1.84 bits per heavy atom. The van der Waals surface area contributed by atoms with Gasteiger partial charge >= 0.3 is 12.1 Å². The average Bonchev–Trinajstić information content (AvgIpc) is 3.13. The van der Waals surface area contributed by atoms with Gasteiger partial charge < -0.3 is 20.1 Å². The van der Waals surface area contributed by atoms with E-state index in [-0.39, 0.29) is 18.1 Å². The minimum Gasteiger partial charge on any atom is -0.475 e. The number of amides is 1. The lowest BCUT2D eigenvalue weighted by Crippen LogP contribution is -2.45. The molecule has 0 unspecified atom stereocenters. The van der Waals surface area contributed by atoms with Crippen molar-refractivity contribution in [1.82, 2.24) is 10.2 Å². The first kappa shape index (κ1) is 23.5. The number of carboxylic acid groups (broad SMARTS) is 1. The third-order valence-electron chi connectivity index (χ3n) is 6.18. The van der Waals surface area contributed by atoms with Crippen molar-refractivity contribution in [2.75, 3.05) is 19.6 Å². The summed E-state index contributed by atoms with van der Waals surface area (Å²) in [5.41, 5.74) is 1.39. The number of carbonyl (C=O) groups excluding carboxylic acids is 1. The van der Waals surface area contributed by atoms with E-state index in [9.17, 15) is 18.0 Å². The predicted molar refractivity (Wildman–Crippen MR) is 107 cm³/mol. The van der Waals surface area contributed by atoms with Gasteiger partial charge in [0, 0.05) is 19.1 Å². The Morgan fingerprint density at radius 1 is 1.16 bits per heavy atom. The number of nitrogens with zero attached hydrogens (tertiary/aromatic N) is 1. The summed E-state index contributed by atoms with van der Waals surface area (Å²) in [6, 6.07) is 11.1. The summed E-state index contributed by atoms with van der Waals surface area (Å²) < 4.78 is 37.9. The molecular weight excluding hydrogens is 413 g/mol. The number of piperidine rings is 1. The highest BCUT2D eigenvalue weighted by atomic mass is 19.4. The monoisotopic (exact) mass is 442 g/mol. The number of hydrogen-bond donors (Lipinski definition) is 2. The van der Waals surface area contributed by atoms with Crippen molar-refractivity contribution >= 4 is 11.9 Å². The molecular formula is C22H29F3N2O4. The zero-order valence-electron chi connectivity index (χ0n) is 17.3. The molecule has 0 radical (unpaired) electrons. The summed E-state index contributed by atoms with van der Waals surface area (Å²) in [4.78, 5) is 23.7. The van der Waals surface area contributed by atoms with E-state index in [1.54, 1.807) is 0 Å². The first-order chi connectivity index (χ1) is 14.7. The summed E-state index contributed by atoms with van der Waals surface area (Å²) in [5.74, 6) is -2.06. The van der Waals surface area contributed by atoms with E-state index in [0.717, 1.165) is 51.7 Å². The van der Waals surface area contributed by atoms with Crippen LogP contribution in [0.25, 0.3) is 0 Å². The van der Waals surface area contributed by atoms with Gasteiger partial charge in [-0.15, -0.1) is 0 Å². The summed E-state index contributed by atoms with van der Waals surface area (Å²) in [6.45, 7) is 3.19. The van der Waals surface area contributed by atoms with Crippen LogP contribution in [0.2, 0.25) is 0 Å². The predicted octanol–water partition coefficient (Wildman–Crippen LogP) is 3.01. The first-order valence-electron chi connectivity index (χ1n) is 10.7. The summed E-state index contributed by atoms with van der Waals surface area (Å²) in [6.07, 6.45) is 1.63. The van der Waals surface area contributed by atoms with Crippen LogP contribution >= 0.6 is 0 Å². The lowest BCUT2D eigenvalue weighted by Gasteiger charge is -2.34. The van der Waals surface area contributed by atoms with Crippen LogP contribution in [0.5, 0.6) is 0 Å². The second-order valence-electron chi connectivity index (χ2n) is 8.42. The van der Waals surface area contributed by atoms with Crippen molar-refractivity contribution in [1.29, 1.82) is 0 Å². The molecule has 2 saturated heterocycles. The fourth-order valence-electron chi connectivity index (χ4n) is 4.14. The average molecular weight is 442 g/mol. The number of likely N-dealkylation sites (tertiary alicyclic amines) is 1. The Hall–Kier alpha value is -2.13. The van der Waals surface area contributed by atoms with E-state index in [4.69, 9.17) is 14.6 Å². The maximum Gasteiger partial charge on any atom is 0.490 e. The van der Waals surface area contributed by atoms with E-state index in [1.165, 1.54) is 12.0 Å². The van der Waals surface area contributed by atoms with Crippen molar-refractivity contribution in [2.24, 2.45) is 5.92 Å². The first-order valence-corrected chi connectivity index (χ1v) is 10.7. The van der Waals surface area contributed by atoms with Crippen LogP contribution in [-0.2, 0) is 20.7 Å². The number of aliphatic carboxylic acids is 1. The van der Waals surface area contributed by atoms with E-state index >= 15 is 0 Å². The van der Waals surface area contributed by atoms with Crippen molar-refractivity contribution in [3.05, 3.63) is 35.9 Å². The fraction of sp³-hybridized carbons (Fsp3) is 0.636. The molecule has 2 N–H and O–H groups in total. The molecule has 1 aromatic rings. The molecule has 0 aromatic heterocycles. The van der Waals surface area contributed by atoms with Crippen LogP contribution in [0.1, 0.15) is 37.7 Å². The van der Waals surface area contributed by atoms with Gasteiger partial charge in [-0.1, -0.05) is 30.3 Å². The zero-order valence-corrected chi connectivity index (χ0v) is 17.3. The molecule has 1 saturated carbocycles. The standard InChI is InChI=1S/C20H28N2O2.C2HF3O2/c23-20(21-17-7-4-8-17)18-13-16-10-12-22(14-19(16)24-18)11-9-15-5-2-1-3-6-15;3-2(4,5)1(6)7/h1-3,5-6,16-19H,4,7-14H2,(H,21,23);(H,6,7)/t16-,18-,19+;/m0./s1. The lowest BCUT2D eigenvalue weighted by molar-refractivity contribution is -0.192. The second kappa shape index (κ2) is 10.5. The number of nitrogens with one attached hydrogen (secondary N) is 1. The number of alkyl halides is 3. The van der Waals surface area contributed by atoms with Crippen LogP contribution in [0.15, 0.2) is 30.3 Å². The van der Waals surface area contributed by atoms with Gasteiger partial charge in [-0.25, -0.2) is 4.79 Å². The van der Waals surface area contributed by atoms with Crippen molar-refractivity contribution in [3.8, 4) is 0 Å². The normalized spacial score (nSPS) is 26.2. The number of ether oxygens (including phenoxy) is 1. The molecule has 3 aliphatic rings. The van der Waals surface area contributed by atoms with Gasteiger partial charge in [-0.3, -0.25) is 4.79 Å². The van der Waals surface area contributed by atoms with Crippen LogP contribution in [-0.4, -0.2) is 65.9 Å². The van der Waals surface area contributed by atoms with Crippen LogP contribution in [0.3, 0.4) is 0 Å². The van der Waals surface area contributed by atoms with Gasteiger partial charge in [0.15, 0.2) is 0 Å². The SMILES string of the molecule is O=C(NC1CCC1)[C@@H]1C[C@@H]2CCN(CCc3ccccc3)C[C@H]2O1.O=C(O)C(F)(F)F. The molecule has 31 heavy (non-hydrogen) atoms. The highest BCUT2D eigenvalue weighted by molar-refractivity contribution is 5.81. The number of hydrogen-bond acceptors (Lipinski definition) is 4. The minimum atomic E-state index is -5.08. The summed E-state index contributed by atoms with van der Waals surface area (Å²) >= 11 is 0. The molecule has 6 nitrogen and oxygen atoms in total. The lowest BCUT2D eigenvalue weighted by atomic mass is 9.90. The number of carboxylic acids is 1. The molecule has 3 fully saturated rings. The van der Waals surface area contributed by atoms with Crippen LogP contribution < -0.4 is 5.32 Å². The molecule has 2 heterocycles. The topological polar surface area (TPSA) is 78.9 Å². The highest BCUT2D eigenvalue weighted by Gasteiger charge is 2.42. The smallest absolute Gasteiger partial charge is 0.475 e. The van der Waals surface area contributed by atoms with Gasteiger partial charge in [0.05, 0.1) is 6.10 Å². The van der Waals surface area contributed by atoms with Gasteiger partial charge in [-0.05, 0) is 56.6 Å². The van der Waals surface area contributed by atoms with E-state index in [1.807, 2.05) is 0 Å². The maximum atomic E-state index is 12.3. The molecule has 0 bridgehead atoms. The van der Waals surface area contributed by atoms with Gasteiger partial charge in [-0.2, -0.15) is 13.2 Å². The molecule has 172 valence electrons. The molecule has 4 rings (SSSR count). The molecule has 2 aliphatic heterocycles. The quantitative estimate of drug-likeness (QED) is 0.733. The number of carbonyl (C=O) groups is 2. The van der Waals surface area contributed by atoms with E-state index < -0.39 is 12.1 Å². The summed E-state index contributed by atoms with van der Waals surface area (Å²) in [5, 5.41) is 10.3. The molecule has 1 amide bonds. The van der Waals surface area contributed by atoms with E-state index in [0.29, 0.717) is 12.0 Å². The van der Waals surface area contributed by atoms with Crippen molar-refractivity contribution in [3.63, 3.8) is 0 Å². The molecule has 1 aromatic carbocycles. The van der Waals surface area contributed by atoms with Crippen molar-refractivity contribution in [2.45, 2.75) is 63.0 Å². The third kappa shape index (κ3) is 6.93. The third-order valence-corrected chi connectivity index (χ3v) is 6.18. The molecule has 0 spiro atoms. The Balaban J connectivity index is 0.000000339. The number of rotatable bonds is 5. The zero-order chi connectivity index (χ0) is 22.4. The van der Waals surface area contributed by atoms with Crippen LogP contribution in [0, 0.1) is 5.92 Å². The molecule has 3 atom stereocenters. The molecule has 9 heteroatoms. The van der Waals surface area contributed by atoms with Gasteiger partial charge in [0.2, 0.25) is 5.91 Å². The van der Waals surface area contributed by atoms with Crippen LogP contribution in [0.4, 0.5) is 13.2 Å². The number of fused-ring (bicyclic) bond motifs is 1. The Morgan fingerprint density at radius 3 is 2.42 bits per heavy atom. The van der Waals surface area contributed by atoms with E-state index in [2.05, 4.69) is 40.5 Å². The second-order valence-corrected chi connectivity index (χ2v) is 8.42. The number of halogens is 3. The Kier molecular flexibility index (Phi) is 7.94. The minimum absolute atomic E-state index is 0.130. The Labute approximate surface area is 179 Å². The molecule has 1 aliphatic carbocycles. The Bertz CT molecular complexity index is 740. The largest absolute Gasteiger partial charge is 0.490 e. The maximum absolute atomic E-state index is 12.3. The van der Waals surface area contributed by atoms with Gasteiger partial charge in [0.25, 0.3) is 0 Å². The number of benzene rings is 1. The fourth-order valence-corrected chi connectivity index (χ4v) is 4.14. The van der Waals surface area contributed by atoms with Crippen molar-refractivity contribution < 1.29 is 32.6 Å². The van der Waals surface area contributed by atoms with Gasteiger partial charge in [0.1, 0.15) is 6.10 Å². The summed E-state index contributed by atoms with van der Waals surface area (Å²) in [7, 11) is 0.